The Morgan fingerprint density at radius 3 is 3.16 bits per heavy atom. The van der Waals surface area contributed by atoms with Gasteiger partial charge in [-0.25, -0.2) is 14.5 Å². The number of carbonyl (C=O) groups excluding carboxylic acids is 1. The number of amides is 1. The van der Waals surface area contributed by atoms with Crippen molar-refractivity contribution in [3.05, 3.63) is 34.9 Å². The fraction of sp³-hybridized carbons (Fsp3) is 0.438. The highest BCUT2D eigenvalue weighted by Crippen LogP contribution is 2.29. The van der Waals surface area contributed by atoms with E-state index in [2.05, 4.69) is 36.3 Å². The Morgan fingerprint density at radius 2 is 2.32 bits per heavy atom. The van der Waals surface area contributed by atoms with Gasteiger partial charge in [0.15, 0.2) is 5.13 Å². The van der Waals surface area contributed by atoms with Crippen molar-refractivity contribution < 1.29 is 4.79 Å². The summed E-state index contributed by atoms with van der Waals surface area (Å²) in [5, 5.41) is 7.71. The maximum absolute atomic E-state index is 11.1. The quantitative estimate of drug-likeness (QED) is 0.766. The maximum atomic E-state index is 11.1. The van der Waals surface area contributed by atoms with Crippen molar-refractivity contribution >= 4 is 28.2 Å². The lowest BCUT2D eigenvalue weighted by atomic mass is 10.0. The van der Waals surface area contributed by atoms with Crippen LogP contribution in [0.1, 0.15) is 35.5 Å². The number of hydrogen-bond acceptors (Lipinski definition) is 7. The molecule has 0 aromatic carbocycles. The number of likely N-dealkylation sites (tertiary alicyclic amines) is 1. The summed E-state index contributed by atoms with van der Waals surface area (Å²) >= 11 is 1.53. The van der Waals surface area contributed by atoms with Gasteiger partial charge < -0.3 is 5.32 Å². The van der Waals surface area contributed by atoms with E-state index in [1.54, 1.807) is 6.33 Å². The third kappa shape index (κ3) is 3.38. The number of carbonyl (C=O) groups is 1. The lowest BCUT2D eigenvalue weighted by molar-refractivity contribution is -0.114. The number of fused-ring (bicyclic) bond motifs is 1. The zero-order valence-corrected chi connectivity index (χ0v) is 15.0. The van der Waals surface area contributed by atoms with Gasteiger partial charge in [-0.15, -0.1) is 11.3 Å². The number of aromatic nitrogens is 5. The zero-order chi connectivity index (χ0) is 17.4. The molecule has 0 bridgehead atoms. The minimum Gasteiger partial charge on any atom is -0.302 e. The first-order valence-corrected chi connectivity index (χ1v) is 9.02. The van der Waals surface area contributed by atoms with Crippen molar-refractivity contribution in [2.45, 2.75) is 32.7 Å². The molecule has 0 spiro atoms. The monoisotopic (exact) mass is 357 g/mol. The number of aryl methyl sites for hydroxylation is 1. The van der Waals surface area contributed by atoms with Crippen LogP contribution in [0.5, 0.6) is 0 Å². The highest BCUT2D eigenvalue weighted by Gasteiger charge is 2.27. The van der Waals surface area contributed by atoms with Crippen LogP contribution in [0.25, 0.3) is 5.78 Å². The van der Waals surface area contributed by atoms with E-state index in [9.17, 15) is 4.79 Å². The summed E-state index contributed by atoms with van der Waals surface area (Å²) in [6.07, 6.45) is 4.48. The Labute approximate surface area is 148 Å². The van der Waals surface area contributed by atoms with Gasteiger partial charge in [-0.05, 0) is 26.0 Å². The highest BCUT2D eigenvalue weighted by molar-refractivity contribution is 7.15. The third-order valence-corrected chi connectivity index (χ3v) is 5.21. The largest absolute Gasteiger partial charge is 0.302 e. The average Bonchev–Trinajstić information content (AvgIpc) is 3.27. The lowest BCUT2D eigenvalue weighted by Crippen LogP contribution is -2.20. The predicted octanol–water partition coefficient (Wildman–Crippen LogP) is 1.84. The van der Waals surface area contributed by atoms with Crippen LogP contribution in [-0.4, -0.2) is 48.5 Å². The molecule has 1 aliphatic heterocycles. The minimum atomic E-state index is -0.0907. The summed E-state index contributed by atoms with van der Waals surface area (Å²) in [7, 11) is 0. The standard InChI is InChI=1S/C16H19N7OS/c1-10-5-14(23-15(20-10)18-9-19-23)12-3-4-22(7-12)8-13-6-17-16(25-13)21-11(2)24/h5-6,9,12H,3-4,7-8H2,1-2H3,(H,17,21,24). The Morgan fingerprint density at radius 1 is 1.44 bits per heavy atom. The summed E-state index contributed by atoms with van der Waals surface area (Å²) in [5.74, 6) is 0.983. The van der Waals surface area contributed by atoms with Crippen LogP contribution in [0.3, 0.4) is 0 Å². The van der Waals surface area contributed by atoms with E-state index in [1.165, 1.54) is 24.0 Å². The number of rotatable bonds is 4. The first-order valence-electron chi connectivity index (χ1n) is 8.20. The Hall–Kier alpha value is -2.39. The van der Waals surface area contributed by atoms with E-state index >= 15 is 0 Å². The molecule has 9 heteroatoms. The second kappa shape index (κ2) is 6.49. The fourth-order valence-corrected chi connectivity index (χ4v) is 4.18. The van der Waals surface area contributed by atoms with Crippen molar-refractivity contribution in [2.75, 3.05) is 18.4 Å². The summed E-state index contributed by atoms with van der Waals surface area (Å²) in [5.41, 5.74) is 2.14. The van der Waals surface area contributed by atoms with Crippen LogP contribution in [0, 0.1) is 6.92 Å². The molecular weight excluding hydrogens is 338 g/mol. The molecule has 1 saturated heterocycles. The lowest BCUT2D eigenvalue weighted by Gasteiger charge is -2.15. The minimum absolute atomic E-state index is 0.0907. The molecule has 1 atom stereocenters. The van der Waals surface area contributed by atoms with E-state index < -0.39 is 0 Å². The number of nitrogens with one attached hydrogen (secondary N) is 1. The molecular formula is C16H19N7OS. The molecule has 1 amide bonds. The zero-order valence-electron chi connectivity index (χ0n) is 14.1. The molecule has 25 heavy (non-hydrogen) atoms. The molecule has 1 fully saturated rings. The van der Waals surface area contributed by atoms with Crippen LogP contribution in [0.15, 0.2) is 18.6 Å². The van der Waals surface area contributed by atoms with Gasteiger partial charge in [0.1, 0.15) is 6.33 Å². The van der Waals surface area contributed by atoms with E-state index in [1.807, 2.05) is 17.6 Å². The topological polar surface area (TPSA) is 88.3 Å². The molecule has 0 radical (unpaired) electrons. The van der Waals surface area contributed by atoms with Crippen LogP contribution in [-0.2, 0) is 11.3 Å². The van der Waals surface area contributed by atoms with E-state index in [4.69, 9.17) is 0 Å². The van der Waals surface area contributed by atoms with Crippen LogP contribution in [0.4, 0.5) is 5.13 Å². The van der Waals surface area contributed by atoms with Crippen molar-refractivity contribution in [3.63, 3.8) is 0 Å². The van der Waals surface area contributed by atoms with Gasteiger partial charge in [0.2, 0.25) is 5.91 Å². The number of hydrogen-bond donors (Lipinski definition) is 1. The third-order valence-electron chi connectivity index (χ3n) is 4.31. The smallest absolute Gasteiger partial charge is 0.252 e. The molecule has 1 aliphatic rings. The molecule has 1 unspecified atom stereocenters. The number of thiazole rings is 1. The summed E-state index contributed by atoms with van der Waals surface area (Å²) < 4.78 is 1.85. The molecule has 130 valence electrons. The SMILES string of the molecule is CC(=O)Nc1ncc(CN2CCC(c3cc(C)nc4ncnn34)C2)s1. The van der Waals surface area contributed by atoms with Crippen LogP contribution >= 0.6 is 11.3 Å². The molecule has 1 N–H and O–H groups in total. The van der Waals surface area contributed by atoms with Crippen molar-refractivity contribution in [1.82, 2.24) is 29.5 Å². The van der Waals surface area contributed by atoms with Gasteiger partial charge in [-0.1, -0.05) is 0 Å². The van der Waals surface area contributed by atoms with E-state index in [0.717, 1.165) is 36.6 Å². The second-order valence-electron chi connectivity index (χ2n) is 6.33. The first-order chi connectivity index (χ1) is 12.1. The first kappa shape index (κ1) is 16.1. The molecule has 4 rings (SSSR count). The van der Waals surface area contributed by atoms with Crippen LogP contribution in [0.2, 0.25) is 0 Å². The summed E-state index contributed by atoms with van der Waals surface area (Å²) in [4.78, 5) is 27.5. The maximum Gasteiger partial charge on any atom is 0.252 e. The number of anilines is 1. The Kier molecular flexibility index (Phi) is 4.18. The van der Waals surface area contributed by atoms with Gasteiger partial charge in [0, 0.05) is 42.7 Å². The summed E-state index contributed by atoms with van der Waals surface area (Å²) in [6.45, 7) is 6.32. The molecule has 0 saturated carbocycles. The van der Waals surface area contributed by atoms with Crippen LogP contribution < -0.4 is 5.32 Å². The normalized spacial score (nSPS) is 18.1. The predicted molar refractivity (Wildman–Crippen MR) is 94.6 cm³/mol. The highest BCUT2D eigenvalue weighted by atomic mass is 32.1. The van der Waals surface area contributed by atoms with Gasteiger partial charge in [-0.3, -0.25) is 9.69 Å². The Bertz CT molecular complexity index is 918. The average molecular weight is 357 g/mol. The van der Waals surface area contributed by atoms with Gasteiger partial charge in [0.05, 0.1) is 5.69 Å². The van der Waals surface area contributed by atoms with Crippen molar-refractivity contribution in [2.24, 2.45) is 0 Å². The van der Waals surface area contributed by atoms with Gasteiger partial charge in [-0.2, -0.15) is 10.1 Å². The molecule has 3 aromatic heterocycles. The molecule has 0 aliphatic carbocycles. The number of nitrogens with zero attached hydrogens (tertiary/aromatic N) is 6. The van der Waals surface area contributed by atoms with Crippen molar-refractivity contribution in [1.29, 1.82) is 0 Å². The summed E-state index contributed by atoms with van der Waals surface area (Å²) in [6, 6.07) is 2.11. The van der Waals surface area contributed by atoms with E-state index in [-0.39, 0.29) is 5.91 Å². The molecule has 4 heterocycles. The Balaban J connectivity index is 1.47. The van der Waals surface area contributed by atoms with Gasteiger partial charge >= 0.3 is 0 Å². The fourth-order valence-electron chi connectivity index (χ4n) is 3.28. The second-order valence-corrected chi connectivity index (χ2v) is 7.44. The molecule has 3 aromatic rings. The van der Waals surface area contributed by atoms with Crippen molar-refractivity contribution in [3.8, 4) is 0 Å². The van der Waals surface area contributed by atoms with E-state index in [0.29, 0.717) is 16.8 Å². The van der Waals surface area contributed by atoms with Gasteiger partial charge in [0.25, 0.3) is 5.78 Å². The molecule has 8 nitrogen and oxygen atoms in total.